The zero-order valence-corrected chi connectivity index (χ0v) is 15.9. The smallest absolute Gasteiger partial charge is 0.258 e. The molecular weight excluding hydrogens is 356 g/mol. The number of nitrogens with one attached hydrogen (secondary N) is 1. The maximum absolute atomic E-state index is 12.6. The molecule has 0 bridgehead atoms. The normalized spacial score (nSPS) is 11.0. The molecule has 3 rings (SSSR count). The maximum Gasteiger partial charge on any atom is 0.258 e. The molecule has 0 aliphatic heterocycles. The zero-order valence-electron chi connectivity index (χ0n) is 13.5. The first-order chi connectivity index (χ1) is 11.6. The Balaban J connectivity index is 1.71. The summed E-state index contributed by atoms with van der Waals surface area (Å²) in [6.45, 7) is 4.19. The standard InChI is InChI=1S/C18H18N2OS3/c1-12(2)15-11-24-18(19-15)20-17(21)14-7-3-4-8-16(14)23-10-13-6-5-9-22-13/h3-9,11-12H,10H2,1-2H3,(H,19,20,21). The van der Waals surface area contributed by atoms with Gasteiger partial charge in [0.1, 0.15) is 0 Å². The van der Waals surface area contributed by atoms with Gasteiger partial charge < -0.3 is 0 Å². The van der Waals surface area contributed by atoms with Gasteiger partial charge in [-0.05, 0) is 29.5 Å². The van der Waals surface area contributed by atoms with Crippen LogP contribution >= 0.6 is 34.4 Å². The van der Waals surface area contributed by atoms with Gasteiger partial charge in [0.25, 0.3) is 5.91 Å². The maximum atomic E-state index is 12.6. The van der Waals surface area contributed by atoms with Crippen LogP contribution < -0.4 is 5.32 Å². The summed E-state index contributed by atoms with van der Waals surface area (Å²) in [4.78, 5) is 19.4. The van der Waals surface area contributed by atoms with Gasteiger partial charge in [-0.2, -0.15) is 0 Å². The second-order valence-electron chi connectivity index (χ2n) is 5.55. The fourth-order valence-electron chi connectivity index (χ4n) is 2.10. The van der Waals surface area contributed by atoms with Crippen LogP contribution in [0.25, 0.3) is 0 Å². The van der Waals surface area contributed by atoms with E-state index >= 15 is 0 Å². The monoisotopic (exact) mass is 374 g/mol. The van der Waals surface area contributed by atoms with Gasteiger partial charge in [0.05, 0.1) is 11.3 Å². The van der Waals surface area contributed by atoms with Crippen molar-refractivity contribution in [3.8, 4) is 0 Å². The fourth-order valence-corrected chi connectivity index (χ4v) is 4.79. The summed E-state index contributed by atoms with van der Waals surface area (Å²) >= 11 is 4.89. The highest BCUT2D eigenvalue weighted by Crippen LogP contribution is 2.29. The first-order valence-electron chi connectivity index (χ1n) is 7.64. The number of hydrogen-bond acceptors (Lipinski definition) is 5. The van der Waals surface area contributed by atoms with Gasteiger partial charge in [0, 0.05) is 20.9 Å². The van der Waals surface area contributed by atoms with Crippen LogP contribution in [0.3, 0.4) is 0 Å². The number of aromatic nitrogens is 1. The highest BCUT2D eigenvalue weighted by atomic mass is 32.2. The molecule has 2 aromatic heterocycles. The van der Waals surface area contributed by atoms with Crippen molar-refractivity contribution >= 4 is 45.5 Å². The SMILES string of the molecule is CC(C)c1csc(NC(=O)c2ccccc2SCc2cccs2)n1. The summed E-state index contributed by atoms with van der Waals surface area (Å²) in [6.07, 6.45) is 0. The van der Waals surface area contributed by atoms with Crippen LogP contribution in [0.4, 0.5) is 5.13 Å². The van der Waals surface area contributed by atoms with Crippen molar-refractivity contribution in [2.45, 2.75) is 30.4 Å². The van der Waals surface area contributed by atoms with Gasteiger partial charge in [-0.3, -0.25) is 10.1 Å². The summed E-state index contributed by atoms with van der Waals surface area (Å²) in [7, 11) is 0. The summed E-state index contributed by atoms with van der Waals surface area (Å²) < 4.78 is 0. The van der Waals surface area contributed by atoms with Crippen molar-refractivity contribution in [2.24, 2.45) is 0 Å². The van der Waals surface area contributed by atoms with E-state index in [-0.39, 0.29) is 5.91 Å². The largest absolute Gasteiger partial charge is 0.298 e. The van der Waals surface area contributed by atoms with Crippen molar-refractivity contribution < 1.29 is 4.79 Å². The van der Waals surface area contributed by atoms with Crippen molar-refractivity contribution in [1.82, 2.24) is 4.98 Å². The predicted octanol–water partition coefficient (Wildman–Crippen LogP) is 5.87. The number of hydrogen-bond donors (Lipinski definition) is 1. The lowest BCUT2D eigenvalue weighted by atomic mass is 10.2. The molecule has 0 radical (unpaired) electrons. The van der Waals surface area contributed by atoms with Crippen LogP contribution in [0.2, 0.25) is 0 Å². The lowest BCUT2D eigenvalue weighted by molar-refractivity contribution is 0.102. The molecule has 0 unspecified atom stereocenters. The van der Waals surface area contributed by atoms with E-state index in [1.54, 1.807) is 23.1 Å². The Morgan fingerprint density at radius 1 is 1.21 bits per heavy atom. The number of thiazole rings is 1. The molecule has 0 fully saturated rings. The van der Waals surface area contributed by atoms with E-state index in [0.29, 0.717) is 16.6 Å². The van der Waals surface area contributed by atoms with E-state index in [2.05, 4.69) is 35.6 Å². The number of rotatable bonds is 6. The first kappa shape index (κ1) is 17.2. The molecule has 1 amide bonds. The molecule has 1 N–H and O–H groups in total. The predicted molar refractivity (Wildman–Crippen MR) is 104 cm³/mol. The van der Waals surface area contributed by atoms with E-state index in [1.807, 2.05) is 35.7 Å². The third kappa shape index (κ3) is 4.26. The minimum Gasteiger partial charge on any atom is -0.298 e. The second-order valence-corrected chi connectivity index (χ2v) is 8.46. The van der Waals surface area contributed by atoms with E-state index in [4.69, 9.17) is 0 Å². The van der Waals surface area contributed by atoms with E-state index in [1.165, 1.54) is 16.2 Å². The number of benzene rings is 1. The first-order valence-corrected chi connectivity index (χ1v) is 10.4. The molecule has 6 heteroatoms. The topological polar surface area (TPSA) is 42.0 Å². The number of carbonyl (C=O) groups excluding carboxylic acids is 1. The van der Waals surface area contributed by atoms with E-state index in [9.17, 15) is 4.79 Å². The number of anilines is 1. The number of amides is 1. The number of nitrogens with zero attached hydrogens (tertiary/aromatic N) is 1. The van der Waals surface area contributed by atoms with Crippen molar-refractivity contribution in [3.05, 3.63) is 63.3 Å². The molecule has 3 aromatic rings. The highest BCUT2D eigenvalue weighted by molar-refractivity contribution is 7.98. The third-order valence-corrected chi connectivity index (χ3v) is 6.37. The summed E-state index contributed by atoms with van der Waals surface area (Å²) in [5.74, 6) is 1.13. The summed E-state index contributed by atoms with van der Waals surface area (Å²) in [5, 5.41) is 7.65. The molecule has 0 saturated carbocycles. The Morgan fingerprint density at radius 2 is 2.04 bits per heavy atom. The van der Waals surface area contributed by atoms with Crippen LogP contribution in [-0.2, 0) is 5.75 Å². The minimum absolute atomic E-state index is 0.103. The van der Waals surface area contributed by atoms with E-state index in [0.717, 1.165) is 16.3 Å². The quantitative estimate of drug-likeness (QED) is 0.548. The molecule has 0 aliphatic carbocycles. The Morgan fingerprint density at radius 3 is 2.75 bits per heavy atom. The number of thiophene rings is 1. The molecule has 0 spiro atoms. The Bertz CT molecular complexity index is 809. The molecule has 0 saturated heterocycles. The van der Waals surface area contributed by atoms with Gasteiger partial charge in [-0.1, -0.05) is 32.0 Å². The molecule has 24 heavy (non-hydrogen) atoms. The molecular formula is C18H18N2OS3. The average molecular weight is 375 g/mol. The van der Waals surface area contributed by atoms with Crippen molar-refractivity contribution in [1.29, 1.82) is 0 Å². The van der Waals surface area contributed by atoms with Crippen molar-refractivity contribution in [2.75, 3.05) is 5.32 Å². The van der Waals surface area contributed by atoms with Crippen LogP contribution in [0.15, 0.2) is 52.1 Å². The molecule has 0 aliphatic rings. The lowest BCUT2D eigenvalue weighted by Crippen LogP contribution is -2.13. The lowest BCUT2D eigenvalue weighted by Gasteiger charge is -2.08. The Kier molecular flexibility index (Phi) is 5.71. The minimum atomic E-state index is -0.103. The molecule has 124 valence electrons. The van der Waals surface area contributed by atoms with Gasteiger partial charge in [0.15, 0.2) is 5.13 Å². The van der Waals surface area contributed by atoms with Crippen molar-refractivity contribution in [3.63, 3.8) is 0 Å². The van der Waals surface area contributed by atoms with Crippen LogP contribution in [0.5, 0.6) is 0 Å². The average Bonchev–Trinajstić information content (AvgIpc) is 3.25. The molecule has 3 nitrogen and oxygen atoms in total. The fraction of sp³-hybridized carbons (Fsp3) is 0.222. The molecule has 1 aromatic carbocycles. The summed E-state index contributed by atoms with van der Waals surface area (Å²) in [6, 6.07) is 11.9. The Labute approximate surface area is 154 Å². The van der Waals surface area contributed by atoms with Gasteiger partial charge in [-0.15, -0.1) is 34.4 Å². The molecule has 0 atom stereocenters. The van der Waals surface area contributed by atoms with Crippen LogP contribution in [0.1, 0.15) is 40.7 Å². The second kappa shape index (κ2) is 7.96. The Hall–Kier alpha value is -1.63. The van der Waals surface area contributed by atoms with Gasteiger partial charge in [-0.25, -0.2) is 4.98 Å². The number of thioether (sulfide) groups is 1. The van der Waals surface area contributed by atoms with Crippen LogP contribution in [-0.4, -0.2) is 10.9 Å². The van der Waals surface area contributed by atoms with Gasteiger partial charge >= 0.3 is 0 Å². The third-order valence-electron chi connectivity index (χ3n) is 3.42. The zero-order chi connectivity index (χ0) is 16.9. The van der Waals surface area contributed by atoms with Crippen LogP contribution in [0, 0.1) is 0 Å². The summed E-state index contributed by atoms with van der Waals surface area (Å²) in [5.41, 5.74) is 1.70. The van der Waals surface area contributed by atoms with E-state index < -0.39 is 0 Å². The number of carbonyl (C=O) groups is 1. The van der Waals surface area contributed by atoms with Gasteiger partial charge in [0.2, 0.25) is 0 Å². The molecule has 2 heterocycles. The highest BCUT2D eigenvalue weighted by Gasteiger charge is 2.14.